The highest BCUT2D eigenvalue weighted by atomic mass is 32.2. The molecule has 1 aromatic carbocycles. The first-order valence-corrected chi connectivity index (χ1v) is 6.75. The summed E-state index contributed by atoms with van der Waals surface area (Å²) in [6.07, 6.45) is 2.98. The van der Waals surface area contributed by atoms with Gasteiger partial charge in [0.2, 0.25) is 5.95 Å². The molecule has 5 nitrogen and oxygen atoms in total. The van der Waals surface area contributed by atoms with Gasteiger partial charge < -0.3 is 4.90 Å². The topological polar surface area (TPSA) is 55.2 Å². The third kappa shape index (κ3) is 1.24. The lowest BCUT2D eigenvalue weighted by atomic mass is 10.3. The Labute approximate surface area is 99.4 Å². The molecule has 0 radical (unpaired) electrons. The van der Waals surface area contributed by atoms with Gasteiger partial charge in [-0.15, -0.1) is 0 Å². The van der Waals surface area contributed by atoms with E-state index >= 15 is 0 Å². The second-order valence-electron chi connectivity index (χ2n) is 3.74. The molecule has 0 aliphatic carbocycles. The number of hydrogen-bond acceptors (Lipinski definition) is 4. The summed E-state index contributed by atoms with van der Waals surface area (Å²) in [4.78, 5) is 6.32. The van der Waals surface area contributed by atoms with E-state index in [1.807, 2.05) is 17.9 Å². The van der Waals surface area contributed by atoms with Gasteiger partial charge in [0.1, 0.15) is 4.90 Å². The van der Waals surface area contributed by atoms with Crippen LogP contribution < -0.4 is 4.90 Å². The molecule has 0 unspecified atom stereocenters. The maximum atomic E-state index is 12.3. The summed E-state index contributed by atoms with van der Waals surface area (Å²) in [5.41, 5.74) is 0.689. The second kappa shape index (κ2) is 3.33. The number of imidazole rings is 1. The van der Waals surface area contributed by atoms with Crippen molar-refractivity contribution >= 4 is 21.7 Å². The number of fused-ring (bicyclic) bond motifs is 2. The molecule has 2 heterocycles. The van der Waals surface area contributed by atoms with Crippen molar-refractivity contribution in [3.05, 3.63) is 36.7 Å². The Morgan fingerprint density at radius 1 is 1.29 bits per heavy atom. The minimum atomic E-state index is -3.49. The Morgan fingerprint density at radius 3 is 2.82 bits per heavy atom. The van der Waals surface area contributed by atoms with Crippen LogP contribution in [0.25, 0.3) is 0 Å². The number of benzene rings is 1. The first-order chi connectivity index (χ1) is 8.16. The second-order valence-corrected chi connectivity index (χ2v) is 5.52. The predicted molar refractivity (Wildman–Crippen MR) is 63.9 cm³/mol. The Bertz CT molecular complexity index is 676. The zero-order valence-electron chi connectivity index (χ0n) is 9.24. The molecule has 0 saturated carbocycles. The lowest BCUT2D eigenvalue weighted by Crippen LogP contribution is -2.30. The van der Waals surface area contributed by atoms with Crippen LogP contribution in [-0.2, 0) is 10.0 Å². The molecular formula is C11H11N3O2S. The Hall–Kier alpha value is -1.82. The average Bonchev–Trinajstić information content (AvgIpc) is 2.80. The number of aromatic nitrogens is 2. The van der Waals surface area contributed by atoms with Crippen LogP contribution in [0.2, 0.25) is 0 Å². The zero-order chi connectivity index (χ0) is 12.0. The fourth-order valence-electron chi connectivity index (χ4n) is 2.08. The van der Waals surface area contributed by atoms with Crippen molar-refractivity contribution in [1.29, 1.82) is 0 Å². The van der Waals surface area contributed by atoms with Crippen LogP contribution in [0.15, 0.2) is 41.6 Å². The van der Waals surface area contributed by atoms with Gasteiger partial charge in [0.25, 0.3) is 10.0 Å². The summed E-state index contributed by atoms with van der Waals surface area (Å²) in [5, 5.41) is 0. The lowest BCUT2D eigenvalue weighted by Gasteiger charge is -2.29. The van der Waals surface area contributed by atoms with Gasteiger partial charge in [0.05, 0.1) is 5.69 Å². The molecule has 0 fully saturated rings. The largest absolute Gasteiger partial charge is 0.310 e. The van der Waals surface area contributed by atoms with Crippen LogP contribution in [0.1, 0.15) is 6.92 Å². The number of nitrogens with zero attached hydrogens (tertiary/aromatic N) is 3. The summed E-state index contributed by atoms with van der Waals surface area (Å²) in [7, 11) is -3.49. The van der Waals surface area contributed by atoms with Crippen molar-refractivity contribution in [2.75, 3.05) is 11.4 Å². The minimum Gasteiger partial charge on any atom is -0.310 e. The van der Waals surface area contributed by atoms with Crippen molar-refractivity contribution in [2.45, 2.75) is 11.8 Å². The normalized spacial score (nSPS) is 16.4. The number of hydrogen-bond donors (Lipinski definition) is 0. The van der Waals surface area contributed by atoms with Crippen molar-refractivity contribution < 1.29 is 8.42 Å². The highest BCUT2D eigenvalue weighted by molar-refractivity contribution is 7.90. The maximum absolute atomic E-state index is 12.3. The van der Waals surface area contributed by atoms with Crippen molar-refractivity contribution in [2.24, 2.45) is 0 Å². The third-order valence-electron chi connectivity index (χ3n) is 2.84. The van der Waals surface area contributed by atoms with Gasteiger partial charge >= 0.3 is 0 Å². The van der Waals surface area contributed by atoms with E-state index in [2.05, 4.69) is 4.98 Å². The van der Waals surface area contributed by atoms with Crippen molar-refractivity contribution in [1.82, 2.24) is 8.96 Å². The van der Waals surface area contributed by atoms with E-state index in [4.69, 9.17) is 0 Å². The van der Waals surface area contributed by atoms with E-state index in [-0.39, 0.29) is 0 Å². The Morgan fingerprint density at radius 2 is 2.06 bits per heavy atom. The fourth-order valence-corrected chi connectivity index (χ4v) is 3.56. The SMILES string of the molecule is CCN1c2ccccc2S(=O)(=O)n2ccnc21. The van der Waals surface area contributed by atoms with Crippen molar-refractivity contribution in [3.8, 4) is 0 Å². The van der Waals surface area contributed by atoms with E-state index in [1.165, 1.54) is 16.4 Å². The summed E-state index contributed by atoms with van der Waals surface area (Å²) in [6, 6.07) is 6.98. The number of para-hydroxylation sites is 1. The molecule has 6 heteroatoms. The molecular weight excluding hydrogens is 238 g/mol. The molecule has 1 aliphatic heterocycles. The monoisotopic (exact) mass is 249 g/mol. The van der Waals surface area contributed by atoms with Crippen LogP contribution in [0.4, 0.5) is 11.6 Å². The maximum Gasteiger partial charge on any atom is 0.272 e. The van der Waals surface area contributed by atoms with Crippen LogP contribution in [-0.4, -0.2) is 23.9 Å². The molecule has 0 spiro atoms. The van der Waals surface area contributed by atoms with E-state index in [0.717, 1.165) is 0 Å². The highest BCUT2D eigenvalue weighted by Gasteiger charge is 2.32. The molecule has 2 aromatic rings. The molecule has 1 aromatic heterocycles. The van der Waals surface area contributed by atoms with E-state index in [9.17, 15) is 8.42 Å². The summed E-state index contributed by atoms with van der Waals surface area (Å²) in [6.45, 7) is 2.64. The average molecular weight is 249 g/mol. The fraction of sp³-hybridized carbons (Fsp3) is 0.182. The molecule has 1 aliphatic rings. The molecule has 17 heavy (non-hydrogen) atoms. The van der Waals surface area contributed by atoms with E-state index in [1.54, 1.807) is 18.2 Å². The molecule has 0 bridgehead atoms. The smallest absolute Gasteiger partial charge is 0.272 e. The van der Waals surface area contributed by atoms with Crippen LogP contribution in [0, 0.1) is 0 Å². The molecule has 0 atom stereocenters. The van der Waals surface area contributed by atoms with Crippen LogP contribution in [0.3, 0.4) is 0 Å². The van der Waals surface area contributed by atoms with Gasteiger partial charge in [-0.3, -0.25) is 0 Å². The van der Waals surface area contributed by atoms with Gasteiger partial charge in [0, 0.05) is 18.9 Å². The highest BCUT2D eigenvalue weighted by Crippen LogP contribution is 2.37. The van der Waals surface area contributed by atoms with Gasteiger partial charge in [-0.05, 0) is 19.1 Å². The van der Waals surface area contributed by atoms with Crippen LogP contribution in [0.5, 0.6) is 0 Å². The Balaban J connectivity index is 2.39. The summed E-state index contributed by atoms with van der Waals surface area (Å²) >= 11 is 0. The standard InChI is InChI=1S/C11H11N3O2S/c1-2-13-9-5-3-4-6-10(9)17(15,16)14-8-7-12-11(13)14/h3-8H,2H2,1H3. The van der Waals surface area contributed by atoms with Gasteiger partial charge in [-0.25, -0.2) is 17.4 Å². The summed E-state index contributed by atoms with van der Waals surface area (Å²) in [5.74, 6) is 0.450. The number of rotatable bonds is 1. The molecule has 88 valence electrons. The predicted octanol–water partition coefficient (Wildman–Crippen LogP) is 1.59. The molecule has 0 amide bonds. The summed E-state index contributed by atoms with van der Waals surface area (Å²) < 4.78 is 25.8. The van der Waals surface area contributed by atoms with Crippen molar-refractivity contribution in [3.63, 3.8) is 0 Å². The molecule has 0 N–H and O–H groups in total. The Kier molecular flexibility index (Phi) is 2.03. The minimum absolute atomic E-state index is 0.326. The first-order valence-electron chi connectivity index (χ1n) is 5.31. The quantitative estimate of drug-likeness (QED) is 0.770. The molecule has 3 rings (SSSR count). The van der Waals surface area contributed by atoms with Gasteiger partial charge in [0.15, 0.2) is 0 Å². The van der Waals surface area contributed by atoms with E-state index in [0.29, 0.717) is 23.1 Å². The lowest BCUT2D eigenvalue weighted by molar-refractivity contribution is 0.584. The van der Waals surface area contributed by atoms with Crippen LogP contribution >= 0.6 is 0 Å². The molecule has 0 saturated heterocycles. The van der Waals surface area contributed by atoms with Gasteiger partial charge in [-0.1, -0.05) is 12.1 Å². The number of anilines is 2. The first kappa shape index (κ1) is 10.3. The zero-order valence-corrected chi connectivity index (χ0v) is 10.1. The van der Waals surface area contributed by atoms with E-state index < -0.39 is 10.0 Å². The third-order valence-corrected chi connectivity index (χ3v) is 4.54. The van der Waals surface area contributed by atoms with Gasteiger partial charge in [-0.2, -0.15) is 0 Å².